The third-order valence-corrected chi connectivity index (χ3v) is 2.62. The highest BCUT2D eigenvalue weighted by Gasteiger charge is 2.10. The summed E-state index contributed by atoms with van der Waals surface area (Å²) in [6.07, 6.45) is 1.65. The Morgan fingerprint density at radius 1 is 1.16 bits per heavy atom. The second-order valence-electron chi connectivity index (χ2n) is 3.90. The molecule has 1 aromatic heterocycles. The Bertz CT molecular complexity index is 530. The minimum atomic E-state index is -1.47. The van der Waals surface area contributed by atoms with Gasteiger partial charge in [-0.05, 0) is 29.7 Å². The highest BCUT2D eigenvalue weighted by Crippen LogP contribution is 2.17. The molecule has 0 saturated carbocycles. The van der Waals surface area contributed by atoms with Crippen molar-refractivity contribution < 1.29 is 19.5 Å². The van der Waals surface area contributed by atoms with E-state index in [-0.39, 0.29) is 0 Å². The van der Waals surface area contributed by atoms with Crippen LogP contribution in [0.4, 0.5) is 0 Å². The van der Waals surface area contributed by atoms with E-state index in [2.05, 4.69) is 4.98 Å². The van der Waals surface area contributed by atoms with Gasteiger partial charge in [-0.3, -0.25) is 0 Å². The molecular weight excluding hydrogens is 245 g/mol. The van der Waals surface area contributed by atoms with Crippen molar-refractivity contribution in [2.45, 2.75) is 6.61 Å². The number of rotatable bonds is 5. The average Bonchev–Trinajstić information content (AvgIpc) is 2.45. The van der Waals surface area contributed by atoms with Gasteiger partial charge >= 0.3 is 7.12 Å². The average molecular weight is 259 g/mol. The van der Waals surface area contributed by atoms with Gasteiger partial charge in [0.1, 0.15) is 12.4 Å². The Hall–Kier alpha value is -2.05. The van der Waals surface area contributed by atoms with Gasteiger partial charge in [-0.1, -0.05) is 12.1 Å². The van der Waals surface area contributed by atoms with Crippen LogP contribution >= 0.6 is 0 Å². The molecule has 2 rings (SSSR count). The second-order valence-corrected chi connectivity index (χ2v) is 3.90. The molecule has 0 atom stereocenters. The van der Waals surface area contributed by atoms with Crippen LogP contribution in [0.25, 0.3) is 0 Å². The molecule has 6 heteroatoms. The molecule has 0 aliphatic carbocycles. The second kappa shape index (κ2) is 6.22. The van der Waals surface area contributed by atoms with Gasteiger partial charge in [-0.15, -0.1) is 0 Å². The smallest absolute Gasteiger partial charge is 0.488 e. The minimum Gasteiger partial charge on any atom is -0.489 e. The van der Waals surface area contributed by atoms with Crippen molar-refractivity contribution in [3.63, 3.8) is 0 Å². The maximum Gasteiger partial charge on any atom is 0.488 e. The first kappa shape index (κ1) is 13.4. The fourth-order valence-corrected chi connectivity index (χ4v) is 1.62. The van der Waals surface area contributed by atoms with Crippen molar-refractivity contribution in [3.8, 4) is 11.6 Å². The number of hydrogen-bond acceptors (Lipinski definition) is 5. The summed E-state index contributed by atoms with van der Waals surface area (Å²) < 4.78 is 10.7. The van der Waals surface area contributed by atoms with Crippen LogP contribution in [-0.2, 0) is 6.61 Å². The van der Waals surface area contributed by atoms with Crippen molar-refractivity contribution in [2.75, 3.05) is 7.11 Å². The molecule has 1 aromatic carbocycles. The van der Waals surface area contributed by atoms with Crippen LogP contribution in [0, 0.1) is 0 Å². The van der Waals surface area contributed by atoms with E-state index >= 15 is 0 Å². The summed E-state index contributed by atoms with van der Waals surface area (Å²) in [5, 5.41) is 18.0. The quantitative estimate of drug-likeness (QED) is 0.758. The van der Waals surface area contributed by atoms with E-state index in [1.165, 1.54) is 0 Å². The normalized spacial score (nSPS) is 10.1. The van der Waals surface area contributed by atoms with Crippen LogP contribution < -0.4 is 14.9 Å². The van der Waals surface area contributed by atoms with Gasteiger partial charge in [-0.25, -0.2) is 4.98 Å². The number of nitrogens with zero attached hydrogens (tertiary/aromatic N) is 1. The predicted octanol–water partition coefficient (Wildman–Crippen LogP) is 0.349. The number of benzene rings is 1. The van der Waals surface area contributed by atoms with Gasteiger partial charge < -0.3 is 19.5 Å². The first-order chi connectivity index (χ1) is 9.20. The van der Waals surface area contributed by atoms with Crippen LogP contribution in [-0.4, -0.2) is 29.3 Å². The molecule has 2 aromatic rings. The summed E-state index contributed by atoms with van der Waals surface area (Å²) in [4.78, 5) is 4.08. The van der Waals surface area contributed by atoms with Crippen molar-refractivity contribution in [1.82, 2.24) is 4.98 Å². The summed E-state index contributed by atoms with van der Waals surface area (Å²) in [7, 11) is 0.0935. The first-order valence-electron chi connectivity index (χ1n) is 5.77. The van der Waals surface area contributed by atoms with Gasteiger partial charge in [0.25, 0.3) is 0 Å². The molecule has 0 aliphatic heterocycles. The molecule has 19 heavy (non-hydrogen) atoms. The van der Waals surface area contributed by atoms with E-state index in [0.717, 1.165) is 5.56 Å². The number of aromatic nitrogens is 1. The van der Waals surface area contributed by atoms with Crippen molar-refractivity contribution in [2.24, 2.45) is 0 Å². The van der Waals surface area contributed by atoms with E-state index in [1.807, 2.05) is 12.1 Å². The molecule has 0 saturated heterocycles. The molecule has 0 bridgehead atoms. The lowest BCUT2D eigenvalue weighted by Crippen LogP contribution is -2.29. The van der Waals surface area contributed by atoms with Gasteiger partial charge in [0.05, 0.1) is 12.7 Å². The van der Waals surface area contributed by atoms with Gasteiger partial charge in [0.2, 0.25) is 5.88 Å². The molecule has 1 heterocycles. The van der Waals surface area contributed by atoms with Crippen molar-refractivity contribution in [1.29, 1.82) is 0 Å². The lowest BCUT2D eigenvalue weighted by molar-refractivity contribution is 0.294. The lowest BCUT2D eigenvalue weighted by Gasteiger charge is -2.09. The fraction of sp³-hybridized carbons (Fsp3) is 0.154. The monoisotopic (exact) mass is 259 g/mol. The van der Waals surface area contributed by atoms with E-state index in [0.29, 0.717) is 23.7 Å². The third-order valence-electron chi connectivity index (χ3n) is 2.62. The lowest BCUT2D eigenvalue weighted by atomic mass is 9.80. The molecule has 2 N–H and O–H groups in total. The molecule has 0 unspecified atom stereocenters. The molecule has 0 aliphatic rings. The Morgan fingerprint density at radius 2 is 1.89 bits per heavy atom. The van der Waals surface area contributed by atoms with E-state index in [9.17, 15) is 0 Å². The summed E-state index contributed by atoms with van der Waals surface area (Å²) in [6, 6.07) is 10.2. The molecule has 0 amide bonds. The predicted molar refractivity (Wildman–Crippen MR) is 71.4 cm³/mol. The maximum absolute atomic E-state index is 8.98. The van der Waals surface area contributed by atoms with E-state index in [4.69, 9.17) is 19.5 Å². The molecule has 0 spiro atoms. The Balaban J connectivity index is 2.02. The molecular formula is C13H14BNO4. The highest BCUT2D eigenvalue weighted by molar-refractivity contribution is 6.58. The zero-order chi connectivity index (χ0) is 13.7. The highest BCUT2D eigenvalue weighted by atomic mass is 16.5. The summed E-state index contributed by atoms with van der Waals surface area (Å²) in [5.41, 5.74) is 1.27. The summed E-state index contributed by atoms with van der Waals surface area (Å²) in [6.45, 7) is 0.331. The largest absolute Gasteiger partial charge is 0.489 e. The molecule has 5 nitrogen and oxygen atoms in total. The Morgan fingerprint density at radius 3 is 2.53 bits per heavy atom. The summed E-state index contributed by atoms with van der Waals surface area (Å²) >= 11 is 0. The Kier molecular flexibility index (Phi) is 4.38. The van der Waals surface area contributed by atoms with Gasteiger partial charge in [0.15, 0.2) is 0 Å². The van der Waals surface area contributed by atoms with E-state index in [1.54, 1.807) is 37.6 Å². The van der Waals surface area contributed by atoms with Crippen LogP contribution in [0.3, 0.4) is 0 Å². The standard InChI is InChI=1S/C13H14BNO4/c1-18-13-10(3-2-8-15-13)9-19-12-6-4-11(5-7-12)14(16)17/h2-8,16-17H,9H2,1H3. The van der Waals surface area contributed by atoms with Gasteiger partial charge in [0, 0.05) is 6.20 Å². The maximum atomic E-state index is 8.98. The fourth-order valence-electron chi connectivity index (χ4n) is 1.62. The van der Waals surface area contributed by atoms with Crippen LogP contribution in [0.15, 0.2) is 42.6 Å². The molecule has 0 fully saturated rings. The van der Waals surface area contributed by atoms with Crippen LogP contribution in [0.1, 0.15) is 5.56 Å². The number of methoxy groups -OCH3 is 1. The summed E-state index contributed by atoms with van der Waals surface area (Å²) in [5.74, 6) is 1.17. The third kappa shape index (κ3) is 3.46. The molecule has 98 valence electrons. The SMILES string of the molecule is COc1ncccc1COc1ccc(B(O)O)cc1. The first-order valence-corrected chi connectivity index (χ1v) is 5.77. The number of hydrogen-bond donors (Lipinski definition) is 2. The van der Waals surface area contributed by atoms with Crippen molar-refractivity contribution >= 4 is 12.6 Å². The van der Waals surface area contributed by atoms with Crippen LogP contribution in [0.2, 0.25) is 0 Å². The zero-order valence-electron chi connectivity index (χ0n) is 10.5. The topological polar surface area (TPSA) is 71.8 Å². The zero-order valence-corrected chi connectivity index (χ0v) is 10.5. The van der Waals surface area contributed by atoms with E-state index < -0.39 is 7.12 Å². The molecule has 0 radical (unpaired) electrons. The minimum absolute atomic E-state index is 0.331. The number of pyridine rings is 1. The Labute approximate surface area is 111 Å². The number of ether oxygens (including phenoxy) is 2. The van der Waals surface area contributed by atoms with Gasteiger partial charge in [-0.2, -0.15) is 0 Å². The van der Waals surface area contributed by atoms with Crippen LogP contribution in [0.5, 0.6) is 11.6 Å². The van der Waals surface area contributed by atoms with Crippen molar-refractivity contribution in [3.05, 3.63) is 48.2 Å².